The van der Waals surface area contributed by atoms with Crippen LogP contribution in [0.15, 0.2) is 18.5 Å². The van der Waals surface area contributed by atoms with Crippen LogP contribution in [0.4, 0.5) is 10.5 Å². The fourth-order valence-electron chi connectivity index (χ4n) is 4.60. The zero-order valence-electron chi connectivity index (χ0n) is 19.1. The fraction of sp³-hybridized carbons (Fsp3) is 0.609. The lowest BCUT2D eigenvalue weighted by Crippen LogP contribution is -2.51. The molecule has 2 fully saturated rings. The number of rotatable bonds is 6. The molecule has 2 aliphatic rings. The number of piperidine rings is 1. The third kappa shape index (κ3) is 4.88. The number of carboxylic acid groups (broad SMARTS) is 1. The largest absolute Gasteiger partial charge is 0.465 e. The second-order valence-electron chi connectivity index (χ2n) is 9.17. The van der Waals surface area contributed by atoms with Crippen LogP contribution in [0.1, 0.15) is 55.6 Å². The summed E-state index contributed by atoms with van der Waals surface area (Å²) in [5, 5.41) is 12.9. The summed E-state index contributed by atoms with van der Waals surface area (Å²) in [6, 6.07) is 2.21. The number of carbonyl (C=O) groups excluding carboxylic acids is 1. The zero-order valence-corrected chi connectivity index (χ0v) is 19.1. The van der Waals surface area contributed by atoms with E-state index in [0.717, 1.165) is 49.5 Å². The molecule has 0 radical (unpaired) electrons. The number of carbonyl (C=O) groups is 2. The molecular formula is C23H33N5O4. The van der Waals surface area contributed by atoms with E-state index in [4.69, 9.17) is 4.74 Å². The number of ether oxygens (including phenoxy) is 1. The maximum absolute atomic E-state index is 12.1. The minimum atomic E-state index is -0.875. The number of amides is 1. The molecule has 2 aromatic heterocycles. The summed E-state index contributed by atoms with van der Waals surface area (Å²) in [4.78, 5) is 31.8. The molecule has 2 aliphatic heterocycles. The van der Waals surface area contributed by atoms with Crippen LogP contribution in [0.3, 0.4) is 0 Å². The van der Waals surface area contributed by atoms with E-state index in [1.54, 1.807) is 6.92 Å². The second kappa shape index (κ2) is 9.46. The minimum absolute atomic E-state index is 0.0380. The molecule has 9 heteroatoms. The van der Waals surface area contributed by atoms with Gasteiger partial charge in [0.25, 0.3) is 0 Å². The molecule has 1 atom stereocenters. The molecule has 2 N–H and O–H groups in total. The molecule has 0 aliphatic carbocycles. The normalized spacial score (nSPS) is 20.8. The van der Waals surface area contributed by atoms with Crippen LogP contribution in [-0.4, -0.2) is 87.6 Å². The molecule has 32 heavy (non-hydrogen) atoms. The van der Waals surface area contributed by atoms with Crippen LogP contribution in [0.2, 0.25) is 0 Å². The van der Waals surface area contributed by atoms with Crippen molar-refractivity contribution in [3.63, 3.8) is 0 Å². The number of ketones is 1. The van der Waals surface area contributed by atoms with Gasteiger partial charge in [0.1, 0.15) is 0 Å². The molecule has 0 spiro atoms. The first-order valence-electron chi connectivity index (χ1n) is 11.4. The lowest BCUT2D eigenvalue weighted by atomic mass is 10.0. The highest BCUT2D eigenvalue weighted by atomic mass is 16.5. The van der Waals surface area contributed by atoms with Crippen molar-refractivity contribution >= 4 is 23.2 Å². The van der Waals surface area contributed by atoms with E-state index in [1.165, 1.54) is 4.90 Å². The molecular weight excluding hydrogens is 410 g/mol. The Kier molecular flexibility index (Phi) is 6.66. The van der Waals surface area contributed by atoms with E-state index in [-0.39, 0.29) is 11.9 Å². The van der Waals surface area contributed by atoms with Gasteiger partial charge in [0.15, 0.2) is 11.4 Å². The standard InChI is InChI=1S/C23H33N5O4/c1-15(2)21-11-24-22-20(10-17(16(3)29)12-28(21)22)25-18-4-6-26(7-5-18)13-19-14-27(23(30)31)8-9-32-19/h10-12,15,18-19,25H,4-9,13-14H2,1-3H3,(H,30,31)/t19-/m1/s1. The van der Waals surface area contributed by atoms with E-state index < -0.39 is 6.09 Å². The molecule has 0 unspecified atom stereocenters. The van der Waals surface area contributed by atoms with Crippen molar-refractivity contribution in [2.75, 3.05) is 44.6 Å². The molecule has 4 heterocycles. The summed E-state index contributed by atoms with van der Waals surface area (Å²) >= 11 is 0. The van der Waals surface area contributed by atoms with Crippen LogP contribution < -0.4 is 5.32 Å². The van der Waals surface area contributed by atoms with Gasteiger partial charge in [-0.3, -0.25) is 4.79 Å². The topological polar surface area (TPSA) is 99.4 Å². The molecule has 4 rings (SSSR count). The SMILES string of the molecule is CC(=O)c1cc(NC2CCN(C[C@@H]3CN(C(=O)O)CCO3)CC2)c2ncc(C(C)C)n2c1. The summed E-state index contributed by atoms with van der Waals surface area (Å²) in [5.74, 6) is 0.346. The van der Waals surface area contributed by atoms with Gasteiger partial charge in [0.2, 0.25) is 0 Å². The number of hydrogen-bond acceptors (Lipinski definition) is 6. The summed E-state index contributed by atoms with van der Waals surface area (Å²) in [6.07, 6.45) is 4.75. The van der Waals surface area contributed by atoms with Gasteiger partial charge >= 0.3 is 6.09 Å². The summed E-state index contributed by atoms with van der Waals surface area (Å²) < 4.78 is 7.82. The molecule has 2 saturated heterocycles. The van der Waals surface area contributed by atoms with E-state index in [1.807, 2.05) is 22.9 Å². The quantitative estimate of drug-likeness (QED) is 0.662. The Morgan fingerprint density at radius 3 is 2.69 bits per heavy atom. The Hall–Kier alpha value is -2.65. The lowest BCUT2D eigenvalue weighted by molar-refractivity contribution is -0.0389. The fourth-order valence-corrected chi connectivity index (χ4v) is 4.60. The van der Waals surface area contributed by atoms with E-state index in [2.05, 4.69) is 29.0 Å². The highest BCUT2D eigenvalue weighted by Gasteiger charge is 2.28. The first kappa shape index (κ1) is 22.5. The average molecular weight is 444 g/mol. The van der Waals surface area contributed by atoms with Crippen LogP contribution in [-0.2, 0) is 4.74 Å². The second-order valence-corrected chi connectivity index (χ2v) is 9.17. The molecule has 174 valence electrons. The van der Waals surface area contributed by atoms with Crippen molar-refractivity contribution < 1.29 is 19.4 Å². The summed E-state index contributed by atoms with van der Waals surface area (Å²) in [5.41, 5.74) is 3.51. The molecule has 2 aromatic rings. The van der Waals surface area contributed by atoms with Gasteiger partial charge in [-0.15, -0.1) is 0 Å². The van der Waals surface area contributed by atoms with Crippen molar-refractivity contribution in [1.29, 1.82) is 0 Å². The maximum atomic E-state index is 12.1. The van der Waals surface area contributed by atoms with E-state index >= 15 is 0 Å². The molecule has 1 amide bonds. The first-order valence-corrected chi connectivity index (χ1v) is 11.4. The lowest BCUT2D eigenvalue weighted by Gasteiger charge is -2.37. The van der Waals surface area contributed by atoms with Gasteiger partial charge in [0, 0.05) is 55.9 Å². The molecule has 0 aromatic carbocycles. The van der Waals surface area contributed by atoms with E-state index in [0.29, 0.717) is 37.2 Å². The number of nitrogens with zero attached hydrogens (tertiary/aromatic N) is 4. The van der Waals surface area contributed by atoms with Gasteiger partial charge in [-0.2, -0.15) is 0 Å². The number of likely N-dealkylation sites (tertiary alicyclic amines) is 1. The smallest absolute Gasteiger partial charge is 0.407 e. The number of Topliss-reactive ketones (excluding diaryl/α,β-unsaturated/α-hetero) is 1. The van der Waals surface area contributed by atoms with Crippen LogP contribution in [0.5, 0.6) is 0 Å². The predicted octanol–water partition coefficient (Wildman–Crippen LogP) is 2.92. The summed E-state index contributed by atoms with van der Waals surface area (Å²) in [7, 11) is 0. The zero-order chi connectivity index (χ0) is 22.8. The van der Waals surface area contributed by atoms with Gasteiger partial charge in [0.05, 0.1) is 24.9 Å². The number of nitrogens with one attached hydrogen (secondary N) is 1. The summed E-state index contributed by atoms with van der Waals surface area (Å²) in [6.45, 7) is 9.75. The van der Waals surface area contributed by atoms with Gasteiger partial charge in [-0.25, -0.2) is 9.78 Å². The first-order chi connectivity index (χ1) is 15.3. The number of anilines is 1. The Labute approximate surface area is 188 Å². The van der Waals surface area contributed by atoms with Crippen molar-refractivity contribution in [2.45, 2.75) is 51.7 Å². The Morgan fingerprint density at radius 1 is 1.28 bits per heavy atom. The average Bonchev–Trinajstić information content (AvgIpc) is 3.20. The molecule has 0 saturated carbocycles. The third-order valence-corrected chi connectivity index (χ3v) is 6.45. The maximum Gasteiger partial charge on any atom is 0.407 e. The number of pyridine rings is 1. The van der Waals surface area contributed by atoms with Crippen molar-refractivity contribution in [2.24, 2.45) is 0 Å². The van der Waals surface area contributed by atoms with Crippen LogP contribution in [0, 0.1) is 0 Å². The minimum Gasteiger partial charge on any atom is -0.465 e. The van der Waals surface area contributed by atoms with Gasteiger partial charge in [-0.05, 0) is 31.7 Å². The number of imidazole rings is 1. The van der Waals surface area contributed by atoms with Gasteiger partial charge < -0.3 is 29.4 Å². The number of hydrogen-bond donors (Lipinski definition) is 2. The number of aromatic nitrogens is 2. The van der Waals surface area contributed by atoms with Crippen molar-refractivity contribution in [3.05, 3.63) is 29.7 Å². The van der Waals surface area contributed by atoms with Crippen LogP contribution >= 0.6 is 0 Å². The Balaban J connectivity index is 1.40. The van der Waals surface area contributed by atoms with Gasteiger partial charge in [-0.1, -0.05) is 13.8 Å². The highest BCUT2D eigenvalue weighted by molar-refractivity contribution is 5.95. The van der Waals surface area contributed by atoms with Crippen molar-refractivity contribution in [1.82, 2.24) is 19.2 Å². The number of morpholine rings is 1. The molecule has 0 bridgehead atoms. The van der Waals surface area contributed by atoms with Crippen LogP contribution in [0.25, 0.3) is 5.65 Å². The Morgan fingerprint density at radius 2 is 2.03 bits per heavy atom. The molecule has 9 nitrogen and oxygen atoms in total. The highest BCUT2D eigenvalue weighted by Crippen LogP contribution is 2.26. The third-order valence-electron chi connectivity index (χ3n) is 6.45. The Bertz CT molecular complexity index is 980. The predicted molar refractivity (Wildman–Crippen MR) is 122 cm³/mol. The van der Waals surface area contributed by atoms with Crippen molar-refractivity contribution in [3.8, 4) is 0 Å². The number of fused-ring (bicyclic) bond motifs is 1. The van der Waals surface area contributed by atoms with E-state index in [9.17, 15) is 14.7 Å². The monoisotopic (exact) mass is 443 g/mol.